The van der Waals surface area contributed by atoms with E-state index in [0.717, 1.165) is 0 Å². The molecule has 0 aliphatic carbocycles. The molecule has 0 bridgehead atoms. The number of hydrogen-bond donors (Lipinski definition) is 2. The van der Waals surface area contributed by atoms with E-state index in [2.05, 4.69) is 11.8 Å². The van der Waals surface area contributed by atoms with Crippen LogP contribution in [0.4, 0.5) is 26.3 Å². The Morgan fingerprint density at radius 3 is 1.88 bits per heavy atom. The van der Waals surface area contributed by atoms with Crippen molar-refractivity contribution < 1.29 is 26.3 Å². The minimum absolute atomic E-state index is 0.0893. The molecular weight excluding hydrogens is 250 g/mol. The fraction of sp³-hybridized carbons (Fsp3) is 0.778. The van der Waals surface area contributed by atoms with Crippen molar-refractivity contribution in [3.05, 3.63) is 0 Å². The van der Waals surface area contributed by atoms with Crippen LogP contribution in [0.25, 0.3) is 0 Å². The average molecular weight is 262 g/mol. The molecule has 0 spiro atoms. The third-order valence-corrected chi connectivity index (χ3v) is 2.08. The first-order chi connectivity index (χ1) is 7.64. The molecule has 0 saturated carbocycles. The molecule has 2 nitrogen and oxygen atoms in total. The highest BCUT2D eigenvalue weighted by molar-refractivity contribution is 4.97. The van der Waals surface area contributed by atoms with Crippen molar-refractivity contribution in [3.8, 4) is 11.8 Å². The number of rotatable bonds is 4. The molecule has 0 radical (unpaired) electrons. The minimum atomic E-state index is -5.39. The van der Waals surface area contributed by atoms with Crippen LogP contribution in [0.2, 0.25) is 0 Å². The fourth-order valence-electron chi connectivity index (χ4n) is 1.34. The lowest BCUT2D eigenvalue weighted by molar-refractivity contribution is -0.292. The van der Waals surface area contributed by atoms with E-state index in [-0.39, 0.29) is 6.42 Å². The monoisotopic (exact) mass is 262 g/mol. The summed E-state index contributed by atoms with van der Waals surface area (Å²) in [7, 11) is 0. The van der Waals surface area contributed by atoms with Crippen molar-refractivity contribution >= 4 is 0 Å². The maximum atomic E-state index is 12.3. The highest BCUT2D eigenvalue weighted by Crippen LogP contribution is 2.42. The van der Waals surface area contributed by atoms with E-state index >= 15 is 0 Å². The molecule has 1 atom stereocenters. The van der Waals surface area contributed by atoms with Crippen LogP contribution in [0, 0.1) is 17.8 Å². The van der Waals surface area contributed by atoms with Gasteiger partial charge >= 0.3 is 12.4 Å². The van der Waals surface area contributed by atoms with Gasteiger partial charge in [-0.2, -0.15) is 26.3 Å². The lowest BCUT2D eigenvalue weighted by Gasteiger charge is -2.29. The van der Waals surface area contributed by atoms with Gasteiger partial charge < -0.3 is 0 Å². The van der Waals surface area contributed by atoms with Crippen molar-refractivity contribution in [2.75, 3.05) is 0 Å². The number of hydrazine groups is 1. The molecule has 3 N–H and O–H groups in total. The lowest BCUT2D eigenvalue weighted by atomic mass is 9.95. The predicted molar refractivity (Wildman–Crippen MR) is 49.4 cm³/mol. The van der Waals surface area contributed by atoms with Crippen LogP contribution in [0.15, 0.2) is 0 Å². The second-order valence-electron chi connectivity index (χ2n) is 3.30. The SMILES string of the molecule is CC#CCCC(NN)C(C(F)(F)F)C(F)(F)F. The molecule has 0 aromatic carbocycles. The number of halogens is 6. The summed E-state index contributed by atoms with van der Waals surface area (Å²) in [6.45, 7) is 1.44. The Morgan fingerprint density at radius 2 is 1.59 bits per heavy atom. The molecule has 100 valence electrons. The van der Waals surface area contributed by atoms with Crippen LogP contribution in [-0.2, 0) is 0 Å². The van der Waals surface area contributed by atoms with Crippen LogP contribution in [0.1, 0.15) is 19.8 Å². The first-order valence-corrected chi connectivity index (χ1v) is 4.63. The predicted octanol–water partition coefficient (Wildman–Crippen LogP) is 2.36. The summed E-state index contributed by atoms with van der Waals surface area (Å²) in [5.41, 5.74) is 1.57. The van der Waals surface area contributed by atoms with Crippen molar-refractivity contribution in [3.63, 3.8) is 0 Å². The second-order valence-corrected chi connectivity index (χ2v) is 3.30. The highest BCUT2D eigenvalue weighted by atomic mass is 19.4. The molecule has 0 rings (SSSR count). The molecule has 0 fully saturated rings. The molecule has 17 heavy (non-hydrogen) atoms. The van der Waals surface area contributed by atoms with Gasteiger partial charge in [-0.1, -0.05) is 0 Å². The Bertz CT molecular complexity index is 271. The minimum Gasteiger partial charge on any atom is -0.271 e. The van der Waals surface area contributed by atoms with Crippen molar-refractivity contribution in [1.29, 1.82) is 0 Å². The topological polar surface area (TPSA) is 38.0 Å². The van der Waals surface area contributed by atoms with Gasteiger partial charge in [0, 0.05) is 12.5 Å². The van der Waals surface area contributed by atoms with Crippen molar-refractivity contribution in [1.82, 2.24) is 5.43 Å². The average Bonchev–Trinajstić information content (AvgIpc) is 2.12. The van der Waals surface area contributed by atoms with Gasteiger partial charge in [0.05, 0.1) is 0 Å². The number of alkyl halides is 6. The van der Waals surface area contributed by atoms with E-state index < -0.39 is 30.7 Å². The summed E-state index contributed by atoms with van der Waals surface area (Å²) in [6, 6.07) is -1.93. The zero-order valence-corrected chi connectivity index (χ0v) is 8.91. The Balaban J connectivity index is 4.91. The van der Waals surface area contributed by atoms with E-state index in [9.17, 15) is 26.3 Å². The van der Waals surface area contributed by atoms with Gasteiger partial charge in [-0.05, 0) is 13.3 Å². The van der Waals surface area contributed by atoms with E-state index in [1.807, 2.05) is 0 Å². The molecule has 0 aromatic rings. The first kappa shape index (κ1) is 16.1. The van der Waals surface area contributed by atoms with Crippen LogP contribution in [0.5, 0.6) is 0 Å². The van der Waals surface area contributed by atoms with Crippen LogP contribution >= 0.6 is 0 Å². The molecular formula is C9H12F6N2. The molecule has 0 heterocycles. The number of hydrogen-bond acceptors (Lipinski definition) is 2. The molecule has 8 heteroatoms. The van der Waals surface area contributed by atoms with Crippen LogP contribution in [-0.4, -0.2) is 18.4 Å². The normalized spacial score (nSPS) is 14.4. The van der Waals surface area contributed by atoms with Crippen LogP contribution in [0.3, 0.4) is 0 Å². The summed E-state index contributed by atoms with van der Waals surface area (Å²) < 4.78 is 73.9. The zero-order chi connectivity index (χ0) is 13.7. The van der Waals surface area contributed by atoms with E-state index in [1.54, 1.807) is 5.43 Å². The first-order valence-electron chi connectivity index (χ1n) is 4.63. The molecule has 0 aromatic heterocycles. The smallest absolute Gasteiger partial charge is 0.271 e. The Morgan fingerprint density at radius 1 is 1.12 bits per heavy atom. The Hall–Kier alpha value is -0.940. The summed E-state index contributed by atoms with van der Waals surface area (Å²) in [5, 5.41) is 0. The largest absolute Gasteiger partial charge is 0.402 e. The van der Waals surface area contributed by atoms with Gasteiger partial charge in [0.2, 0.25) is 0 Å². The molecule has 0 amide bonds. The summed E-state index contributed by atoms with van der Waals surface area (Å²) >= 11 is 0. The number of nitrogens with two attached hydrogens (primary N) is 1. The molecule has 0 aliphatic rings. The Kier molecular flexibility index (Phi) is 5.78. The van der Waals surface area contributed by atoms with Gasteiger partial charge in [0.15, 0.2) is 5.92 Å². The Labute approximate surface area is 94.5 Å². The molecule has 1 unspecified atom stereocenters. The van der Waals surface area contributed by atoms with E-state index in [0.29, 0.717) is 0 Å². The lowest BCUT2D eigenvalue weighted by Crippen LogP contribution is -2.53. The van der Waals surface area contributed by atoms with E-state index in [4.69, 9.17) is 5.84 Å². The molecule has 0 saturated heterocycles. The maximum absolute atomic E-state index is 12.3. The third-order valence-electron chi connectivity index (χ3n) is 2.08. The highest BCUT2D eigenvalue weighted by Gasteiger charge is 2.59. The quantitative estimate of drug-likeness (QED) is 0.353. The van der Waals surface area contributed by atoms with Gasteiger partial charge in [0.25, 0.3) is 0 Å². The second kappa shape index (κ2) is 6.12. The van der Waals surface area contributed by atoms with Gasteiger partial charge in [-0.3, -0.25) is 11.3 Å². The maximum Gasteiger partial charge on any atom is 0.402 e. The number of nitrogens with one attached hydrogen (secondary N) is 1. The van der Waals surface area contributed by atoms with Gasteiger partial charge in [-0.25, -0.2) is 0 Å². The van der Waals surface area contributed by atoms with Gasteiger partial charge in [0.1, 0.15) is 0 Å². The van der Waals surface area contributed by atoms with Crippen molar-refractivity contribution in [2.24, 2.45) is 11.8 Å². The standard InChI is InChI=1S/C9H12F6N2/c1-2-3-4-5-6(17-16)7(8(10,11)12)9(13,14)15/h6-7,17H,4-5,16H2,1H3. The van der Waals surface area contributed by atoms with Gasteiger partial charge in [-0.15, -0.1) is 11.8 Å². The van der Waals surface area contributed by atoms with Crippen molar-refractivity contribution in [2.45, 2.75) is 38.2 Å². The summed E-state index contributed by atoms with van der Waals surface area (Å²) in [6.07, 6.45) is -11.3. The van der Waals surface area contributed by atoms with E-state index in [1.165, 1.54) is 6.92 Å². The summed E-state index contributed by atoms with van der Waals surface area (Å²) in [4.78, 5) is 0. The third kappa shape index (κ3) is 5.28. The fourth-order valence-corrected chi connectivity index (χ4v) is 1.34. The molecule has 0 aliphatic heterocycles. The zero-order valence-electron chi connectivity index (χ0n) is 8.91. The van der Waals surface area contributed by atoms with Crippen LogP contribution < -0.4 is 11.3 Å². The summed E-state index contributed by atoms with van der Waals surface area (Å²) in [5.74, 6) is 6.04.